The van der Waals surface area contributed by atoms with E-state index in [-0.39, 0.29) is 17.2 Å². The highest BCUT2D eigenvalue weighted by molar-refractivity contribution is 6.32. The molecule has 4 N–H and O–H groups in total. The lowest BCUT2D eigenvalue weighted by atomic mass is 10.0. The maximum Gasteiger partial charge on any atom is 0.304 e. The van der Waals surface area contributed by atoms with Crippen LogP contribution in [-0.2, 0) is 11.2 Å². The minimum atomic E-state index is -0.924. The highest BCUT2D eigenvalue weighted by Crippen LogP contribution is 2.24. The molecule has 0 spiro atoms. The number of phenols is 1. The van der Waals surface area contributed by atoms with E-state index in [0.29, 0.717) is 6.42 Å². The Morgan fingerprint density at radius 1 is 1.53 bits per heavy atom. The van der Waals surface area contributed by atoms with E-state index >= 15 is 0 Å². The lowest BCUT2D eigenvalue weighted by Gasteiger charge is -2.09. The number of aromatic hydroxyl groups is 1. The minimum absolute atomic E-state index is 0.00669. The van der Waals surface area contributed by atoms with Gasteiger partial charge in [-0.3, -0.25) is 4.79 Å². The summed E-state index contributed by atoms with van der Waals surface area (Å²) in [7, 11) is 0. The van der Waals surface area contributed by atoms with Crippen LogP contribution >= 0.6 is 11.6 Å². The van der Waals surface area contributed by atoms with E-state index in [9.17, 15) is 4.79 Å². The molecule has 82 valence electrons. The number of carboxylic acids is 1. The number of carbonyl (C=O) groups is 1. The molecular formula is C10H12ClNO3. The van der Waals surface area contributed by atoms with E-state index in [2.05, 4.69) is 0 Å². The maximum atomic E-state index is 10.4. The molecule has 0 aromatic heterocycles. The van der Waals surface area contributed by atoms with Crippen LogP contribution in [0.15, 0.2) is 18.2 Å². The first-order valence-electron chi connectivity index (χ1n) is 4.44. The van der Waals surface area contributed by atoms with Crippen LogP contribution in [0, 0.1) is 0 Å². The van der Waals surface area contributed by atoms with Crippen molar-refractivity contribution in [2.75, 3.05) is 0 Å². The summed E-state index contributed by atoms with van der Waals surface area (Å²) in [4.78, 5) is 10.4. The lowest BCUT2D eigenvalue weighted by molar-refractivity contribution is -0.137. The van der Waals surface area contributed by atoms with Gasteiger partial charge in [-0.2, -0.15) is 0 Å². The summed E-state index contributed by atoms with van der Waals surface area (Å²) in [6.07, 6.45) is 0.338. The van der Waals surface area contributed by atoms with Crippen LogP contribution in [-0.4, -0.2) is 22.2 Å². The van der Waals surface area contributed by atoms with Gasteiger partial charge in [0.25, 0.3) is 0 Å². The van der Waals surface area contributed by atoms with Gasteiger partial charge >= 0.3 is 5.97 Å². The molecule has 0 heterocycles. The number of carboxylic acid groups (broad SMARTS) is 1. The van der Waals surface area contributed by atoms with Crippen LogP contribution in [0.2, 0.25) is 5.02 Å². The second-order valence-corrected chi connectivity index (χ2v) is 3.76. The number of nitrogens with two attached hydrogens (primary N) is 1. The van der Waals surface area contributed by atoms with E-state index in [0.717, 1.165) is 5.56 Å². The van der Waals surface area contributed by atoms with Crippen LogP contribution in [0.4, 0.5) is 0 Å². The van der Waals surface area contributed by atoms with E-state index in [1.165, 1.54) is 6.07 Å². The van der Waals surface area contributed by atoms with Gasteiger partial charge in [-0.05, 0) is 24.1 Å². The molecule has 0 fully saturated rings. The van der Waals surface area contributed by atoms with Crippen LogP contribution < -0.4 is 5.73 Å². The zero-order valence-corrected chi connectivity index (χ0v) is 8.74. The summed E-state index contributed by atoms with van der Waals surface area (Å²) in [6.45, 7) is 0. The maximum absolute atomic E-state index is 10.4. The average Bonchev–Trinajstić information content (AvgIpc) is 2.10. The quantitative estimate of drug-likeness (QED) is 0.729. The van der Waals surface area contributed by atoms with Gasteiger partial charge in [0.05, 0.1) is 11.4 Å². The van der Waals surface area contributed by atoms with Gasteiger partial charge in [0.1, 0.15) is 5.75 Å². The topological polar surface area (TPSA) is 83.6 Å². The highest BCUT2D eigenvalue weighted by Gasteiger charge is 2.09. The SMILES string of the molecule is N[C@H](CC(=O)O)Cc1ccc(O)c(Cl)c1. The molecule has 0 unspecified atom stereocenters. The van der Waals surface area contributed by atoms with Gasteiger partial charge in [-0.25, -0.2) is 0 Å². The van der Waals surface area contributed by atoms with Crippen LogP contribution in [0.3, 0.4) is 0 Å². The fraction of sp³-hybridized carbons (Fsp3) is 0.300. The zero-order valence-electron chi connectivity index (χ0n) is 7.98. The third-order valence-corrected chi connectivity index (χ3v) is 2.25. The van der Waals surface area contributed by atoms with Crippen molar-refractivity contribution in [3.63, 3.8) is 0 Å². The first-order chi connectivity index (χ1) is 6.99. The predicted octanol–water partition coefficient (Wildman–Crippen LogP) is 1.39. The van der Waals surface area contributed by atoms with Crippen molar-refractivity contribution in [1.82, 2.24) is 0 Å². The molecule has 1 aromatic rings. The van der Waals surface area contributed by atoms with Gasteiger partial charge in [0.15, 0.2) is 0 Å². The van der Waals surface area contributed by atoms with Crippen molar-refractivity contribution >= 4 is 17.6 Å². The normalized spacial score (nSPS) is 12.4. The Kier molecular flexibility index (Phi) is 3.94. The minimum Gasteiger partial charge on any atom is -0.506 e. The van der Waals surface area contributed by atoms with Crippen molar-refractivity contribution < 1.29 is 15.0 Å². The number of rotatable bonds is 4. The molecule has 0 aliphatic rings. The molecule has 0 saturated heterocycles. The van der Waals surface area contributed by atoms with Crippen molar-refractivity contribution in [3.8, 4) is 5.75 Å². The number of hydrogen-bond donors (Lipinski definition) is 3. The van der Waals surface area contributed by atoms with Crippen molar-refractivity contribution in [1.29, 1.82) is 0 Å². The summed E-state index contributed by atoms with van der Waals surface area (Å²) in [6, 6.07) is 4.27. The number of phenolic OH excluding ortho intramolecular Hbond substituents is 1. The Morgan fingerprint density at radius 3 is 2.73 bits per heavy atom. The Balaban J connectivity index is 2.64. The summed E-state index contributed by atoms with van der Waals surface area (Å²) >= 11 is 5.70. The van der Waals surface area contributed by atoms with E-state index in [1.807, 2.05) is 0 Å². The molecular weight excluding hydrogens is 218 g/mol. The van der Waals surface area contributed by atoms with Crippen molar-refractivity contribution in [3.05, 3.63) is 28.8 Å². The summed E-state index contributed by atoms with van der Waals surface area (Å²) < 4.78 is 0. The molecule has 1 rings (SSSR count). The molecule has 0 radical (unpaired) electrons. The lowest BCUT2D eigenvalue weighted by Crippen LogP contribution is -2.26. The Labute approximate surface area is 92.3 Å². The summed E-state index contributed by atoms with van der Waals surface area (Å²) in [5, 5.41) is 17.9. The Morgan fingerprint density at radius 2 is 2.20 bits per heavy atom. The number of aliphatic carboxylic acids is 1. The molecule has 0 amide bonds. The standard InChI is InChI=1S/C10H12ClNO3/c11-8-4-6(1-2-9(8)13)3-7(12)5-10(14)15/h1-2,4,7,13H,3,5,12H2,(H,14,15)/t7-/m0/s1. The third kappa shape index (κ3) is 3.77. The number of halogens is 1. The smallest absolute Gasteiger partial charge is 0.304 e. The summed E-state index contributed by atoms with van der Waals surface area (Å²) in [5.41, 5.74) is 6.42. The van der Waals surface area contributed by atoms with E-state index in [4.69, 9.17) is 27.5 Å². The van der Waals surface area contributed by atoms with Crippen LogP contribution in [0.5, 0.6) is 5.75 Å². The molecule has 5 heteroatoms. The molecule has 4 nitrogen and oxygen atoms in total. The fourth-order valence-corrected chi connectivity index (χ4v) is 1.48. The summed E-state index contributed by atoms with van der Waals surface area (Å²) in [5.74, 6) is -0.917. The average molecular weight is 230 g/mol. The molecule has 1 atom stereocenters. The van der Waals surface area contributed by atoms with Gasteiger partial charge in [0, 0.05) is 6.04 Å². The van der Waals surface area contributed by atoms with Crippen molar-refractivity contribution in [2.24, 2.45) is 5.73 Å². The van der Waals surface area contributed by atoms with Crippen LogP contribution in [0.25, 0.3) is 0 Å². The van der Waals surface area contributed by atoms with E-state index < -0.39 is 12.0 Å². The third-order valence-electron chi connectivity index (χ3n) is 1.95. The van der Waals surface area contributed by atoms with E-state index in [1.54, 1.807) is 12.1 Å². The van der Waals surface area contributed by atoms with Crippen LogP contribution in [0.1, 0.15) is 12.0 Å². The second-order valence-electron chi connectivity index (χ2n) is 3.35. The molecule has 0 aliphatic carbocycles. The van der Waals surface area contributed by atoms with Gasteiger partial charge in [0.2, 0.25) is 0 Å². The molecule has 1 aromatic carbocycles. The zero-order chi connectivity index (χ0) is 11.4. The second kappa shape index (κ2) is 5.00. The largest absolute Gasteiger partial charge is 0.506 e. The van der Waals surface area contributed by atoms with Crippen molar-refractivity contribution in [2.45, 2.75) is 18.9 Å². The molecule has 0 bridgehead atoms. The van der Waals surface area contributed by atoms with Gasteiger partial charge in [-0.15, -0.1) is 0 Å². The molecule has 15 heavy (non-hydrogen) atoms. The number of benzene rings is 1. The Hall–Kier alpha value is -1.26. The molecule has 0 saturated carbocycles. The highest BCUT2D eigenvalue weighted by atomic mass is 35.5. The molecule has 0 aliphatic heterocycles. The fourth-order valence-electron chi connectivity index (χ4n) is 1.28. The number of hydrogen-bond acceptors (Lipinski definition) is 3. The predicted molar refractivity (Wildman–Crippen MR) is 57.0 cm³/mol. The van der Waals surface area contributed by atoms with Gasteiger partial charge < -0.3 is 15.9 Å². The van der Waals surface area contributed by atoms with Gasteiger partial charge in [-0.1, -0.05) is 17.7 Å². The Bertz CT molecular complexity index is 368. The first-order valence-corrected chi connectivity index (χ1v) is 4.81. The monoisotopic (exact) mass is 229 g/mol. The first kappa shape index (κ1) is 11.8.